The lowest BCUT2D eigenvalue weighted by atomic mass is 10.2. The summed E-state index contributed by atoms with van der Waals surface area (Å²) in [4.78, 5) is 36.3. The lowest BCUT2D eigenvalue weighted by molar-refractivity contribution is -0.145. The average molecular weight is 315 g/mol. The minimum Gasteiger partial charge on any atom is -0.479 e. The van der Waals surface area contributed by atoms with Gasteiger partial charge in [-0.05, 0) is 47.0 Å². The molecule has 126 valence electrons. The van der Waals surface area contributed by atoms with Gasteiger partial charge in [-0.2, -0.15) is 0 Å². The number of amides is 1. The molecule has 1 rings (SSSR count). The van der Waals surface area contributed by atoms with E-state index in [4.69, 9.17) is 9.47 Å². The highest BCUT2D eigenvalue weighted by molar-refractivity contribution is 5.87. The van der Waals surface area contributed by atoms with Crippen molar-refractivity contribution in [1.82, 2.24) is 4.90 Å². The van der Waals surface area contributed by atoms with Crippen molar-refractivity contribution in [3.63, 3.8) is 0 Å². The standard InChI is InChI=1S/C15H25NO6/c1-5-21-11(17)7-6-10-16(13(20)22-14(2,3)4)15(8-9-15)12(18)19/h5-10H2,1-4H3,(H,18,19). The van der Waals surface area contributed by atoms with Crippen LogP contribution in [-0.2, 0) is 19.1 Å². The third-order valence-corrected chi connectivity index (χ3v) is 3.32. The van der Waals surface area contributed by atoms with Gasteiger partial charge in [-0.15, -0.1) is 0 Å². The van der Waals surface area contributed by atoms with Gasteiger partial charge in [-0.1, -0.05) is 0 Å². The molecule has 0 aromatic rings. The lowest BCUT2D eigenvalue weighted by Gasteiger charge is -2.31. The van der Waals surface area contributed by atoms with Crippen molar-refractivity contribution in [2.75, 3.05) is 13.2 Å². The van der Waals surface area contributed by atoms with Gasteiger partial charge in [0.15, 0.2) is 0 Å². The van der Waals surface area contributed by atoms with E-state index < -0.39 is 23.2 Å². The molecule has 0 saturated heterocycles. The first-order chi connectivity index (χ1) is 10.1. The van der Waals surface area contributed by atoms with E-state index in [1.807, 2.05) is 0 Å². The Labute approximate surface area is 130 Å². The van der Waals surface area contributed by atoms with E-state index in [1.54, 1.807) is 27.7 Å². The zero-order chi connectivity index (χ0) is 17.0. The number of hydrogen-bond donors (Lipinski definition) is 1. The maximum absolute atomic E-state index is 12.3. The monoisotopic (exact) mass is 315 g/mol. The van der Waals surface area contributed by atoms with Crippen LogP contribution in [-0.4, -0.2) is 52.3 Å². The molecule has 1 aliphatic carbocycles. The molecular weight excluding hydrogens is 290 g/mol. The van der Waals surface area contributed by atoms with Gasteiger partial charge in [0.05, 0.1) is 6.61 Å². The van der Waals surface area contributed by atoms with Crippen LogP contribution in [0.4, 0.5) is 4.79 Å². The van der Waals surface area contributed by atoms with Crippen molar-refractivity contribution in [3.05, 3.63) is 0 Å². The summed E-state index contributed by atoms with van der Waals surface area (Å²) in [6.07, 6.45) is 0.633. The molecule has 0 aliphatic heterocycles. The fourth-order valence-corrected chi connectivity index (χ4v) is 2.13. The summed E-state index contributed by atoms with van der Waals surface area (Å²) in [5.41, 5.74) is -1.89. The second-order valence-electron chi connectivity index (χ2n) is 6.38. The SMILES string of the molecule is CCOC(=O)CCCN(C(=O)OC(C)(C)C)C1(C(=O)O)CC1. The van der Waals surface area contributed by atoms with Crippen molar-refractivity contribution in [2.24, 2.45) is 0 Å². The molecule has 0 aromatic heterocycles. The van der Waals surface area contributed by atoms with E-state index in [0.29, 0.717) is 25.9 Å². The minimum absolute atomic E-state index is 0.142. The number of carbonyl (C=O) groups excluding carboxylic acids is 2. The smallest absolute Gasteiger partial charge is 0.411 e. The van der Waals surface area contributed by atoms with Crippen LogP contribution < -0.4 is 0 Å². The molecule has 0 atom stereocenters. The van der Waals surface area contributed by atoms with Gasteiger partial charge < -0.3 is 14.6 Å². The topological polar surface area (TPSA) is 93.1 Å². The Balaban J connectivity index is 2.70. The van der Waals surface area contributed by atoms with Crippen LogP contribution in [0.2, 0.25) is 0 Å². The van der Waals surface area contributed by atoms with Gasteiger partial charge in [0.25, 0.3) is 0 Å². The summed E-state index contributed by atoms with van der Waals surface area (Å²) in [6, 6.07) is 0. The number of esters is 1. The molecule has 1 saturated carbocycles. The van der Waals surface area contributed by atoms with E-state index in [1.165, 1.54) is 4.90 Å². The summed E-state index contributed by atoms with van der Waals surface area (Å²) >= 11 is 0. The number of rotatable bonds is 7. The van der Waals surface area contributed by atoms with Crippen molar-refractivity contribution in [3.8, 4) is 0 Å². The van der Waals surface area contributed by atoms with Crippen LogP contribution in [0.3, 0.4) is 0 Å². The molecule has 1 fully saturated rings. The number of nitrogens with zero attached hydrogens (tertiary/aromatic N) is 1. The normalized spacial score (nSPS) is 15.8. The summed E-state index contributed by atoms with van der Waals surface area (Å²) in [6.45, 7) is 7.34. The zero-order valence-electron chi connectivity index (χ0n) is 13.7. The first kappa shape index (κ1) is 18.3. The molecule has 7 nitrogen and oxygen atoms in total. The molecule has 0 spiro atoms. The van der Waals surface area contributed by atoms with Crippen molar-refractivity contribution >= 4 is 18.0 Å². The Kier molecular flexibility index (Phi) is 5.79. The Morgan fingerprint density at radius 3 is 2.23 bits per heavy atom. The molecule has 1 aliphatic rings. The van der Waals surface area contributed by atoms with E-state index in [0.717, 1.165) is 0 Å². The van der Waals surface area contributed by atoms with Gasteiger partial charge in [0.1, 0.15) is 11.1 Å². The molecule has 1 amide bonds. The van der Waals surface area contributed by atoms with Crippen molar-refractivity contribution in [2.45, 2.75) is 64.5 Å². The molecule has 0 unspecified atom stereocenters. The third-order valence-electron chi connectivity index (χ3n) is 3.32. The molecule has 0 aromatic carbocycles. The maximum atomic E-state index is 12.3. The average Bonchev–Trinajstić information content (AvgIpc) is 3.14. The van der Waals surface area contributed by atoms with Gasteiger partial charge in [-0.3, -0.25) is 9.69 Å². The number of hydrogen-bond acceptors (Lipinski definition) is 5. The number of aliphatic carboxylic acids is 1. The van der Waals surface area contributed by atoms with E-state index in [2.05, 4.69) is 0 Å². The second-order valence-corrected chi connectivity index (χ2v) is 6.38. The highest BCUT2D eigenvalue weighted by atomic mass is 16.6. The van der Waals surface area contributed by atoms with E-state index in [9.17, 15) is 19.5 Å². The van der Waals surface area contributed by atoms with Crippen molar-refractivity contribution in [1.29, 1.82) is 0 Å². The largest absolute Gasteiger partial charge is 0.479 e. The summed E-state index contributed by atoms with van der Waals surface area (Å²) in [7, 11) is 0. The predicted octanol–water partition coefficient (Wildman–Crippen LogP) is 2.18. The number of ether oxygens (including phenoxy) is 2. The lowest BCUT2D eigenvalue weighted by Crippen LogP contribution is -2.49. The first-order valence-electron chi connectivity index (χ1n) is 7.52. The van der Waals surface area contributed by atoms with Crippen LogP contribution >= 0.6 is 0 Å². The Hall–Kier alpha value is -1.79. The molecule has 1 N–H and O–H groups in total. The third kappa shape index (κ3) is 4.89. The van der Waals surface area contributed by atoms with E-state index >= 15 is 0 Å². The van der Waals surface area contributed by atoms with Gasteiger partial charge >= 0.3 is 18.0 Å². The number of carbonyl (C=O) groups is 3. The van der Waals surface area contributed by atoms with Crippen LogP contribution in [0, 0.1) is 0 Å². The van der Waals surface area contributed by atoms with E-state index in [-0.39, 0.29) is 18.9 Å². The zero-order valence-corrected chi connectivity index (χ0v) is 13.7. The summed E-state index contributed by atoms with van der Waals surface area (Å²) < 4.78 is 10.1. The highest BCUT2D eigenvalue weighted by Gasteiger charge is 2.57. The van der Waals surface area contributed by atoms with Crippen LogP contribution in [0.15, 0.2) is 0 Å². The van der Waals surface area contributed by atoms with Gasteiger partial charge in [0, 0.05) is 13.0 Å². The van der Waals surface area contributed by atoms with Gasteiger partial charge in [0.2, 0.25) is 0 Å². The molecule has 0 radical (unpaired) electrons. The molecule has 0 bridgehead atoms. The summed E-state index contributed by atoms with van der Waals surface area (Å²) in [5, 5.41) is 9.37. The molecule has 22 heavy (non-hydrogen) atoms. The van der Waals surface area contributed by atoms with Crippen LogP contribution in [0.1, 0.15) is 53.4 Å². The Bertz CT molecular complexity index is 436. The minimum atomic E-state index is -1.18. The Morgan fingerprint density at radius 2 is 1.82 bits per heavy atom. The van der Waals surface area contributed by atoms with Gasteiger partial charge in [-0.25, -0.2) is 9.59 Å². The van der Waals surface area contributed by atoms with Crippen LogP contribution in [0.25, 0.3) is 0 Å². The number of carboxylic acids is 1. The maximum Gasteiger partial charge on any atom is 0.411 e. The quantitative estimate of drug-likeness (QED) is 0.724. The molecular formula is C15H25NO6. The number of carboxylic acid groups (broad SMARTS) is 1. The fraction of sp³-hybridized carbons (Fsp3) is 0.800. The fourth-order valence-electron chi connectivity index (χ4n) is 2.13. The Morgan fingerprint density at radius 1 is 1.23 bits per heavy atom. The second kappa shape index (κ2) is 6.98. The predicted molar refractivity (Wildman–Crippen MR) is 78.4 cm³/mol. The summed E-state index contributed by atoms with van der Waals surface area (Å²) in [5.74, 6) is -1.39. The van der Waals surface area contributed by atoms with Crippen molar-refractivity contribution < 1.29 is 29.0 Å². The highest BCUT2D eigenvalue weighted by Crippen LogP contribution is 2.42. The molecule has 7 heteroatoms. The molecule has 0 heterocycles. The van der Waals surface area contributed by atoms with Crippen LogP contribution in [0.5, 0.6) is 0 Å². The first-order valence-corrected chi connectivity index (χ1v) is 7.52.